The Hall–Kier alpha value is -1.29. The van der Waals surface area contributed by atoms with Gasteiger partial charge in [0.15, 0.2) is 0 Å². The molecule has 0 bridgehead atoms. The van der Waals surface area contributed by atoms with Gasteiger partial charge in [0.25, 0.3) is 0 Å². The van der Waals surface area contributed by atoms with Crippen molar-refractivity contribution in [1.29, 1.82) is 0 Å². The van der Waals surface area contributed by atoms with Gasteiger partial charge in [-0.05, 0) is 44.4 Å². The highest BCUT2D eigenvalue weighted by atomic mass is 16.4. The van der Waals surface area contributed by atoms with Crippen molar-refractivity contribution in [3.63, 3.8) is 0 Å². The van der Waals surface area contributed by atoms with E-state index in [4.69, 9.17) is 10.2 Å². The fourth-order valence-electron chi connectivity index (χ4n) is 1.64. The molecule has 4 heteroatoms. The van der Waals surface area contributed by atoms with Crippen molar-refractivity contribution in [2.75, 3.05) is 7.05 Å². The number of aliphatic hydroxyl groups is 1. The van der Waals surface area contributed by atoms with Crippen molar-refractivity contribution >= 4 is 5.97 Å². The van der Waals surface area contributed by atoms with Crippen LogP contribution in [0.15, 0.2) is 24.0 Å². The predicted molar refractivity (Wildman–Crippen MR) is 57.7 cm³/mol. The van der Waals surface area contributed by atoms with Gasteiger partial charge in [-0.2, -0.15) is 0 Å². The molecule has 0 amide bonds. The maximum absolute atomic E-state index is 10.7. The quantitative estimate of drug-likeness (QED) is 0.644. The van der Waals surface area contributed by atoms with Gasteiger partial charge in [0.1, 0.15) is 11.8 Å². The van der Waals surface area contributed by atoms with E-state index in [0.717, 1.165) is 12.8 Å². The topological polar surface area (TPSA) is 69.6 Å². The Balaban J connectivity index is 2.32. The zero-order valence-electron chi connectivity index (χ0n) is 8.81. The minimum atomic E-state index is -0.810. The molecule has 15 heavy (non-hydrogen) atoms. The van der Waals surface area contributed by atoms with Crippen LogP contribution in [0.1, 0.15) is 19.3 Å². The highest BCUT2D eigenvalue weighted by Crippen LogP contribution is 2.20. The average molecular weight is 211 g/mol. The third-order valence-corrected chi connectivity index (χ3v) is 2.64. The van der Waals surface area contributed by atoms with Crippen molar-refractivity contribution < 1.29 is 15.0 Å². The number of nitrogens with one attached hydrogen (secondary N) is 1. The summed E-state index contributed by atoms with van der Waals surface area (Å²) in [5.41, 5.74) is 0. The van der Waals surface area contributed by atoms with Crippen molar-refractivity contribution in [3.05, 3.63) is 24.0 Å². The largest absolute Gasteiger partial charge is 0.508 e. The SMILES string of the molecule is CN[C@@H](CCC1C=CC(O)=CC1)C(=O)O. The molecule has 0 saturated carbocycles. The number of aliphatic carboxylic acids is 1. The highest BCUT2D eigenvalue weighted by molar-refractivity contribution is 5.73. The van der Waals surface area contributed by atoms with Crippen molar-refractivity contribution in [2.24, 2.45) is 5.92 Å². The smallest absolute Gasteiger partial charge is 0.320 e. The Kier molecular flexibility index (Phi) is 4.37. The van der Waals surface area contributed by atoms with Crippen LogP contribution in [-0.2, 0) is 4.79 Å². The normalized spacial score (nSPS) is 22.2. The van der Waals surface area contributed by atoms with Gasteiger partial charge in [-0.1, -0.05) is 6.08 Å². The molecule has 84 valence electrons. The lowest BCUT2D eigenvalue weighted by Gasteiger charge is -2.16. The molecule has 1 aliphatic rings. The van der Waals surface area contributed by atoms with Gasteiger partial charge in [0.2, 0.25) is 0 Å². The second-order valence-corrected chi connectivity index (χ2v) is 3.74. The molecular formula is C11H17NO3. The lowest BCUT2D eigenvalue weighted by atomic mass is 9.93. The highest BCUT2D eigenvalue weighted by Gasteiger charge is 2.17. The Morgan fingerprint density at radius 2 is 2.47 bits per heavy atom. The van der Waals surface area contributed by atoms with Gasteiger partial charge in [0, 0.05) is 0 Å². The van der Waals surface area contributed by atoms with Gasteiger partial charge < -0.3 is 15.5 Å². The molecule has 0 aromatic heterocycles. The average Bonchev–Trinajstić information content (AvgIpc) is 2.21. The Labute approximate surface area is 89.3 Å². The van der Waals surface area contributed by atoms with Crippen LogP contribution in [0.5, 0.6) is 0 Å². The van der Waals surface area contributed by atoms with Crippen molar-refractivity contribution in [3.8, 4) is 0 Å². The molecule has 0 saturated heterocycles. The lowest BCUT2D eigenvalue weighted by Crippen LogP contribution is -2.34. The minimum absolute atomic E-state index is 0.301. The third-order valence-electron chi connectivity index (χ3n) is 2.64. The first kappa shape index (κ1) is 11.8. The lowest BCUT2D eigenvalue weighted by molar-refractivity contribution is -0.139. The first-order valence-corrected chi connectivity index (χ1v) is 5.11. The van der Waals surface area contributed by atoms with E-state index in [1.54, 1.807) is 19.2 Å². The molecule has 3 N–H and O–H groups in total. The molecule has 0 spiro atoms. The zero-order chi connectivity index (χ0) is 11.3. The van der Waals surface area contributed by atoms with Crippen LogP contribution in [0.3, 0.4) is 0 Å². The third kappa shape index (κ3) is 3.75. The van der Waals surface area contributed by atoms with Crippen LogP contribution in [0.2, 0.25) is 0 Å². The summed E-state index contributed by atoms with van der Waals surface area (Å²) in [4.78, 5) is 10.7. The number of aliphatic hydroxyl groups excluding tert-OH is 1. The summed E-state index contributed by atoms with van der Waals surface area (Å²) in [6.45, 7) is 0. The van der Waals surface area contributed by atoms with E-state index in [1.807, 2.05) is 6.08 Å². The van der Waals surface area contributed by atoms with Crippen LogP contribution in [0.25, 0.3) is 0 Å². The summed E-state index contributed by atoms with van der Waals surface area (Å²) in [5, 5.41) is 20.7. The molecule has 1 aliphatic carbocycles. The zero-order valence-corrected chi connectivity index (χ0v) is 8.81. The van der Waals surface area contributed by atoms with E-state index < -0.39 is 12.0 Å². The first-order chi connectivity index (χ1) is 7.13. The van der Waals surface area contributed by atoms with Crippen molar-refractivity contribution in [1.82, 2.24) is 5.32 Å². The number of hydrogen-bond donors (Lipinski definition) is 3. The standard InChI is InChI=1S/C11H17NO3/c1-12-10(11(14)15)7-4-8-2-5-9(13)6-3-8/h2,5-6,8,10,12-13H,3-4,7H2,1H3,(H,14,15)/t8?,10-/m0/s1. The monoisotopic (exact) mass is 211 g/mol. The molecule has 0 fully saturated rings. The van der Waals surface area contributed by atoms with Gasteiger partial charge in [-0.3, -0.25) is 4.79 Å². The minimum Gasteiger partial charge on any atom is -0.508 e. The Bertz CT molecular complexity index is 284. The van der Waals surface area contributed by atoms with Crippen LogP contribution >= 0.6 is 0 Å². The molecule has 1 unspecified atom stereocenters. The second kappa shape index (κ2) is 5.56. The maximum Gasteiger partial charge on any atom is 0.320 e. The summed E-state index contributed by atoms with van der Waals surface area (Å²) in [7, 11) is 1.65. The predicted octanol–water partition coefficient (Wildman–Crippen LogP) is 1.46. The van der Waals surface area contributed by atoms with E-state index >= 15 is 0 Å². The van der Waals surface area contributed by atoms with Gasteiger partial charge in [-0.15, -0.1) is 0 Å². The van der Waals surface area contributed by atoms with Gasteiger partial charge in [-0.25, -0.2) is 0 Å². The van der Waals surface area contributed by atoms with E-state index in [9.17, 15) is 4.79 Å². The molecule has 0 heterocycles. The molecule has 0 aromatic carbocycles. The molecule has 0 radical (unpaired) electrons. The van der Waals surface area contributed by atoms with Crippen LogP contribution in [-0.4, -0.2) is 29.3 Å². The first-order valence-electron chi connectivity index (χ1n) is 5.11. The second-order valence-electron chi connectivity index (χ2n) is 3.74. The molecular weight excluding hydrogens is 194 g/mol. The Morgan fingerprint density at radius 1 is 1.73 bits per heavy atom. The van der Waals surface area contributed by atoms with Crippen LogP contribution in [0, 0.1) is 5.92 Å². The van der Waals surface area contributed by atoms with E-state index in [0.29, 0.717) is 18.1 Å². The summed E-state index contributed by atoms with van der Waals surface area (Å²) in [6.07, 6.45) is 7.58. The van der Waals surface area contributed by atoms with E-state index in [-0.39, 0.29) is 0 Å². The number of carboxylic acids is 1. The number of rotatable bonds is 5. The molecule has 0 aromatic rings. The number of hydrogen-bond acceptors (Lipinski definition) is 3. The number of likely N-dealkylation sites (N-methyl/N-ethyl adjacent to an activating group) is 1. The molecule has 2 atom stereocenters. The molecule has 4 nitrogen and oxygen atoms in total. The molecule has 0 aliphatic heterocycles. The summed E-state index contributed by atoms with van der Waals surface area (Å²) < 4.78 is 0. The Morgan fingerprint density at radius 3 is 2.93 bits per heavy atom. The van der Waals surface area contributed by atoms with Gasteiger partial charge in [0.05, 0.1) is 0 Å². The number of allylic oxidation sites excluding steroid dienone is 3. The summed E-state index contributed by atoms with van der Waals surface area (Å²) in [5.74, 6) is -0.165. The van der Waals surface area contributed by atoms with Crippen molar-refractivity contribution in [2.45, 2.75) is 25.3 Å². The fraction of sp³-hybridized carbons (Fsp3) is 0.545. The van der Waals surface area contributed by atoms with Crippen LogP contribution in [0.4, 0.5) is 0 Å². The van der Waals surface area contributed by atoms with Gasteiger partial charge >= 0.3 is 5.97 Å². The number of carboxylic acid groups (broad SMARTS) is 1. The summed E-state index contributed by atoms with van der Waals surface area (Å²) >= 11 is 0. The van der Waals surface area contributed by atoms with E-state index in [2.05, 4.69) is 5.32 Å². The number of carbonyl (C=O) groups is 1. The van der Waals surface area contributed by atoms with E-state index in [1.165, 1.54) is 0 Å². The maximum atomic E-state index is 10.7. The molecule has 1 rings (SSSR count). The summed E-state index contributed by atoms with van der Waals surface area (Å²) in [6, 6.07) is -0.474. The fourth-order valence-corrected chi connectivity index (χ4v) is 1.64. The van der Waals surface area contributed by atoms with Crippen LogP contribution < -0.4 is 5.32 Å².